The minimum atomic E-state index is -1.01. The Hall–Kier alpha value is -6.16. The third-order valence-corrected chi connectivity index (χ3v) is 10.5. The number of carbonyl (C=O) groups excluding carboxylic acids is 3. The molecule has 14 nitrogen and oxygen atoms in total. The first kappa shape index (κ1) is 40.1. The summed E-state index contributed by atoms with van der Waals surface area (Å²) < 4.78 is 35.2. The van der Waals surface area contributed by atoms with Gasteiger partial charge < -0.3 is 20.1 Å². The summed E-state index contributed by atoms with van der Waals surface area (Å²) in [5.41, 5.74) is 4.42. The van der Waals surface area contributed by atoms with Crippen LogP contribution in [0.25, 0.3) is 11.3 Å². The van der Waals surface area contributed by atoms with Gasteiger partial charge in [-0.05, 0) is 73.7 Å². The molecule has 7 rings (SSSR count). The standard InChI is InChI=1S/C42H46F2N10O4/c1-24-18-27(6-8-29(24)25(2)48-39(57)40-51-41(52-58-40)42(3,4)5)33-21-35(47-23-46-33)49-34-10-7-28(22-45-34)54-16-14-53(15-17-54)13-12-26-19-31(43)37(32(44)20-26)30-9-11-36(55)50-38(30)56/h6-8,10,18-23,25,30H,9,11-17H2,1-5H3,(H,48,57)(H,50,55,56)(H,45,46,47,49)/t25-,30-/m1/s1. The Bertz CT molecular complexity index is 2300. The highest BCUT2D eigenvalue weighted by molar-refractivity contribution is 6.01. The molecule has 5 heterocycles. The molecule has 5 aromatic rings. The van der Waals surface area contributed by atoms with E-state index < -0.39 is 35.3 Å². The molecule has 0 saturated carbocycles. The van der Waals surface area contributed by atoms with Gasteiger partial charge in [-0.1, -0.05) is 38.1 Å². The van der Waals surface area contributed by atoms with E-state index in [1.165, 1.54) is 18.5 Å². The Kier molecular flexibility index (Phi) is 11.6. The van der Waals surface area contributed by atoms with Crippen LogP contribution in [0.4, 0.5) is 26.1 Å². The molecule has 2 aliphatic heterocycles. The fourth-order valence-corrected chi connectivity index (χ4v) is 7.24. The van der Waals surface area contributed by atoms with Gasteiger partial charge in [0.15, 0.2) is 5.82 Å². The lowest BCUT2D eigenvalue weighted by atomic mass is 9.89. The van der Waals surface area contributed by atoms with Crippen molar-refractivity contribution in [1.82, 2.24) is 40.6 Å². The molecule has 2 aromatic carbocycles. The molecule has 3 N–H and O–H groups in total. The van der Waals surface area contributed by atoms with E-state index in [-0.39, 0.29) is 35.8 Å². The molecule has 2 saturated heterocycles. The summed E-state index contributed by atoms with van der Waals surface area (Å²) in [4.78, 5) is 58.8. The van der Waals surface area contributed by atoms with E-state index in [0.29, 0.717) is 36.0 Å². The van der Waals surface area contributed by atoms with Crippen molar-refractivity contribution in [3.63, 3.8) is 0 Å². The van der Waals surface area contributed by atoms with Crippen molar-refractivity contribution in [3.05, 3.63) is 107 Å². The first-order valence-corrected chi connectivity index (χ1v) is 19.3. The molecular formula is C42H46F2N10O4. The lowest BCUT2D eigenvalue weighted by Crippen LogP contribution is -2.47. The zero-order valence-corrected chi connectivity index (χ0v) is 33.1. The van der Waals surface area contributed by atoms with Crippen molar-refractivity contribution < 1.29 is 27.7 Å². The number of halogens is 2. The summed E-state index contributed by atoms with van der Waals surface area (Å²) in [6.07, 6.45) is 3.92. The van der Waals surface area contributed by atoms with E-state index in [0.717, 1.165) is 54.3 Å². The van der Waals surface area contributed by atoms with Gasteiger partial charge in [-0.3, -0.25) is 24.6 Å². The van der Waals surface area contributed by atoms with Gasteiger partial charge in [-0.25, -0.2) is 23.7 Å². The third-order valence-electron chi connectivity index (χ3n) is 10.5. The summed E-state index contributed by atoms with van der Waals surface area (Å²) in [6, 6.07) is 14.0. The van der Waals surface area contributed by atoms with Gasteiger partial charge in [0.25, 0.3) is 0 Å². The molecular weight excluding hydrogens is 747 g/mol. The van der Waals surface area contributed by atoms with Crippen molar-refractivity contribution in [1.29, 1.82) is 0 Å². The van der Waals surface area contributed by atoms with E-state index in [1.54, 1.807) is 0 Å². The fraction of sp³-hybridized carbons (Fsp3) is 0.381. The zero-order chi connectivity index (χ0) is 41.1. The number of nitrogens with one attached hydrogen (secondary N) is 3. The van der Waals surface area contributed by atoms with E-state index >= 15 is 0 Å². The SMILES string of the molecule is Cc1cc(-c2cc(Nc3ccc(N4CCN(CCc5cc(F)c([C@H]6CCC(=O)NC6=O)c(F)c5)CC4)cn3)ncn2)ccc1[C@@H](C)NC(=O)c1nc(C(C)(C)C)no1. The van der Waals surface area contributed by atoms with Crippen LogP contribution < -0.4 is 20.9 Å². The molecule has 2 atom stereocenters. The monoisotopic (exact) mass is 792 g/mol. The second kappa shape index (κ2) is 16.7. The number of carbonyl (C=O) groups is 3. The fourth-order valence-electron chi connectivity index (χ4n) is 7.24. The first-order chi connectivity index (χ1) is 27.7. The van der Waals surface area contributed by atoms with Gasteiger partial charge in [0.1, 0.15) is 29.6 Å². The largest absolute Gasteiger partial charge is 0.368 e. The smallest absolute Gasteiger partial charge is 0.315 e. The lowest BCUT2D eigenvalue weighted by Gasteiger charge is -2.36. The molecule has 0 unspecified atom stereocenters. The average Bonchev–Trinajstić information content (AvgIpc) is 3.70. The Morgan fingerprint density at radius 3 is 2.40 bits per heavy atom. The number of aromatic nitrogens is 5. The van der Waals surface area contributed by atoms with Gasteiger partial charge in [0, 0.05) is 61.8 Å². The van der Waals surface area contributed by atoms with Gasteiger partial charge in [0.2, 0.25) is 11.8 Å². The van der Waals surface area contributed by atoms with Crippen molar-refractivity contribution in [2.75, 3.05) is 42.9 Å². The number of hydrogen-bond donors (Lipinski definition) is 3. The average molecular weight is 793 g/mol. The zero-order valence-electron chi connectivity index (χ0n) is 33.1. The number of imide groups is 1. The second-order valence-electron chi connectivity index (χ2n) is 15.8. The number of pyridine rings is 1. The summed E-state index contributed by atoms with van der Waals surface area (Å²) in [7, 11) is 0. The van der Waals surface area contributed by atoms with Crippen LogP contribution in [0.2, 0.25) is 0 Å². The van der Waals surface area contributed by atoms with Crippen molar-refractivity contribution in [3.8, 4) is 11.3 Å². The van der Waals surface area contributed by atoms with Crippen LogP contribution in [0.15, 0.2) is 65.6 Å². The van der Waals surface area contributed by atoms with Crippen LogP contribution in [-0.4, -0.2) is 80.4 Å². The number of anilines is 3. The maximum atomic E-state index is 15.0. The molecule has 302 valence electrons. The molecule has 0 bridgehead atoms. The number of hydrogen-bond acceptors (Lipinski definition) is 12. The molecule has 3 aromatic heterocycles. The van der Waals surface area contributed by atoms with Crippen LogP contribution in [0, 0.1) is 18.6 Å². The second-order valence-corrected chi connectivity index (χ2v) is 15.8. The van der Waals surface area contributed by atoms with E-state index in [1.807, 2.05) is 77.2 Å². The lowest BCUT2D eigenvalue weighted by molar-refractivity contribution is -0.134. The predicted octanol–water partition coefficient (Wildman–Crippen LogP) is 5.93. The predicted molar refractivity (Wildman–Crippen MR) is 212 cm³/mol. The highest BCUT2D eigenvalue weighted by Crippen LogP contribution is 2.31. The van der Waals surface area contributed by atoms with Crippen LogP contribution in [0.5, 0.6) is 0 Å². The minimum Gasteiger partial charge on any atom is -0.368 e. The van der Waals surface area contributed by atoms with E-state index in [4.69, 9.17) is 4.52 Å². The maximum absolute atomic E-state index is 15.0. The third kappa shape index (κ3) is 9.17. The highest BCUT2D eigenvalue weighted by atomic mass is 19.1. The molecule has 0 spiro atoms. The van der Waals surface area contributed by atoms with Crippen molar-refractivity contribution in [2.24, 2.45) is 0 Å². The molecule has 0 radical (unpaired) electrons. The molecule has 2 aliphatic rings. The summed E-state index contributed by atoms with van der Waals surface area (Å²) in [6.45, 7) is 13.4. The number of piperidine rings is 1. The number of aryl methyl sites for hydroxylation is 1. The summed E-state index contributed by atoms with van der Waals surface area (Å²) in [5.74, 6) is -2.44. The van der Waals surface area contributed by atoms with Crippen molar-refractivity contribution in [2.45, 2.75) is 71.3 Å². The van der Waals surface area contributed by atoms with E-state index in [9.17, 15) is 23.2 Å². The van der Waals surface area contributed by atoms with Crippen LogP contribution in [0.3, 0.4) is 0 Å². The molecule has 3 amide bonds. The molecule has 0 aliphatic carbocycles. The quantitative estimate of drug-likeness (QED) is 0.135. The van der Waals surface area contributed by atoms with Crippen LogP contribution in [-0.2, 0) is 21.4 Å². The normalized spacial score (nSPS) is 16.9. The maximum Gasteiger partial charge on any atom is 0.315 e. The van der Waals surface area contributed by atoms with Gasteiger partial charge >= 0.3 is 11.8 Å². The Balaban J connectivity index is 0.897. The van der Waals surface area contributed by atoms with Gasteiger partial charge in [-0.15, -0.1) is 0 Å². The molecule has 58 heavy (non-hydrogen) atoms. The highest BCUT2D eigenvalue weighted by Gasteiger charge is 2.33. The Morgan fingerprint density at radius 2 is 1.74 bits per heavy atom. The van der Waals surface area contributed by atoms with E-state index in [2.05, 4.69) is 50.8 Å². The number of piperazine rings is 1. The van der Waals surface area contributed by atoms with Gasteiger partial charge in [0.05, 0.1) is 29.5 Å². The Labute approximate surface area is 334 Å². The first-order valence-electron chi connectivity index (χ1n) is 19.3. The topological polar surface area (TPSA) is 171 Å². The molecule has 16 heteroatoms. The summed E-state index contributed by atoms with van der Waals surface area (Å²) >= 11 is 0. The number of benzene rings is 2. The number of amides is 3. The minimum absolute atomic E-state index is 0.0534. The van der Waals surface area contributed by atoms with Crippen molar-refractivity contribution >= 4 is 35.0 Å². The van der Waals surface area contributed by atoms with Crippen LogP contribution in [0.1, 0.15) is 91.3 Å². The Morgan fingerprint density at radius 1 is 0.983 bits per heavy atom. The van der Waals surface area contributed by atoms with Gasteiger partial charge in [-0.2, -0.15) is 4.98 Å². The number of rotatable bonds is 11. The number of nitrogens with zero attached hydrogens (tertiary/aromatic N) is 7. The molecule has 2 fully saturated rings. The van der Waals surface area contributed by atoms with Crippen LogP contribution >= 0.6 is 0 Å². The summed E-state index contributed by atoms with van der Waals surface area (Å²) in [5, 5.41) is 12.3.